The van der Waals surface area contributed by atoms with Crippen molar-refractivity contribution in [3.8, 4) is 5.75 Å². The van der Waals surface area contributed by atoms with Crippen molar-refractivity contribution in [1.82, 2.24) is 0 Å². The van der Waals surface area contributed by atoms with E-state index in [-0.39, 0.29) is 11.0 Å². The van der Waals surface area contributed by atoms with Crippen LogP contribution >= 0.6 is 0 Å². The Labute approximate surface area is 254 Å². The second kappa shape index (κ2) is 10.7. The molecule has 1 nitrogen and oxygen atoms in total. The predicted octanol–water partition coefficient (Wildman–Crippen LogP) is 8.47. The van der Waals surface area contributed by atoms with Crippen molar-refractivity contribution in [3.63, 3.8) is 0 Å². The molecule has 0 saturated heterocycles. The summed E-state index contributed by atoms with van der Waals surface area (Å²) in [5.41, 5.74) is 4.30. The lowest BCUT2D eigenvalue weighted by atomic mass is 9.81. The van der Waals surface area contributed by atoms with Gasteiger partial charge in [0.1, 0.15) is 11.4 Å². The van der Waals surface area contributed by atoms with E-state index in [1.54, 1.807) is 0 Å². The van der Waals surface area contributed by atoms with Crippen LogP contribution in [0.4, 0.5) is 0 Å². The summed E-state index contributed by atoms with van der Waals surface area (Å²) in [6.45, 7) is 16.1. The van der Waals surface area contributed by atoms with Crippen LogP contribution in [-0.4, -0.2) is 13.7 Å². The maximum atomic E-state index is 7.14. The molecular weight excluding hydrogens is 525 g/mol. The van der Waals surface area contributed by atoms with E-state index in [2.05, 4.69) is 164 Å². The van der Waals surface area contributed by atoms with Crippen LogP contribution in [0.25, 0.3) is 6.08 Å². The summed E-state index contributed by atoms with van der Waals surface area (Å²) in [5, 5.41) is 4.38. The maximum Gasteiger partial charge on any atom is 0.156 e. The van der Waals surface area contributed by atoms with Crippen LogP contribution < -0.4 is 20.3 Å². The number of benzene rings is 4. The Morgan fingerprint density at radius 3 is 1.88 bits per heavy atom. The zero-order chi connectivity index (χ0) is 29.7. The molecule has 0 N–H and O–H groups in total. The molecule has 4 unspecified atom stereocenters. The summed E-state index contributed by atoms with van der Waals surface area (Å²) < 4.78 is 7.14. The van der Waals surface area contributed by atoms with Gasteiger partial charge in [-0.1, -0.05) is 143 Å². The quantitative estimate of drug-likeness (QED) is 0.173. The maximum absolute atomic E-state index is 7.14. The highest BCUT2D eigenvalue weighted by atomic mass is 28.3. The summed E-state index contributed by atoms with van der Waals surface area (Å²) >= 11 is 0. The molecular formula is C40H46OSi. The number of para-hydroxylation sites is 1. The molecule has 0 aliphatic heterocycles. The molecule has 42 heavy (non-hydrogen) atoms. The molecule has 4 atom stereocenters. The van der Waals surface area contributed by atoms with Crippen LogP contribution in [0.5, 0.6) is 5.75 Å². The number of rotatable bonds is 5. The van der Waals surface area contributed by atoms with Gasteiger partial charge in [-0.15, -0.1) is 0 Å². The molecule has 0 amide bonds. The molecule has 0 radical (unpaired) electrons. The molecule has 2 aliphatic carbocycles. The van der Waals surface area contributed by atoms with Crippen LogP contribution in [0, 0.1) is 11.8 Å². The Balaban J connectivity index is 1.73. The predicted molar refractivity (Wildman–Crippen MR) is 182 cm³/mol. The fraction of sp³-hybridized carbons (Fsp3) is 0.350. The zero-order valence-corrected chi connectivity index (χ0v) is 27.4. The third-order valence-corrected chi connectivity index (χ3v) is 15.3. The number of ether oxygens (including phenoxy) is 1. The molecule has 4 aromatic carbocycles. The van der Waals surface area contributed by atoms with Crippen molar-refractivity contribution in [2.45, 2.75) is 77.4 Å². The minimum absolute atomic E-state index is 0.0579. The van der Waals surface area contributed by atoms with Crippen molar-refractivity contribution in [2.75, 3.05) is 0 Å². The topological polar surface area (TPSA) is 9.23 Å². The molecule has 2 heteroatoms. The molecule has 1 saturated carbocycles. The van der Waals surface area contributed by atoms with Crippen molar-refractivity contribution < 1.29 is 4.74 Å². The highest BCUT2D eigenvalue weighted by molar-refractivity contribution is 7.13. The molecule has 4 aromatic rings. The van der Waals surface area contributed by atoms with Crippen LogP contribution in [0.3, 0.4) is 0 Å². The van der Waals surface area contributed by atoms with Crippen LogP contribution in [0.15, 0.2) is 109 Å². The molecule has 6 rings (SSSR count). The molecule has 216 valence electrons. The van der Waals surface area contributed by atoms with Crippen molar-refractivity contribution >= 4 is 29.7 Å². The van der Waals surface area contributed by atoms with Gasteiger partial charge in [0, 0.05) is 0 Å². The van der Waals surface area contributed by atoms with E-state index in [4.69, 9.17) is 4.74 Å². The van der Waals surface area contributed by atoms with E-state index in [9.17, 15) is 0 Å². The van der Waals surface area contributed by atoms with Gasteiger partial charge in [-0.3, -0.25) is 0 Å². The Morgan fingerprint density at radius 2 is 1.29 bits per heavy atom. The Bertz CT molecular complexity index is 1530. The lowest BCUT2D eigenvalue weighted by Crippen LogP contribution is -2.71. The van der Waals surface area contributed by atoms with Gasteiger partial charge >= 0.3 is 0 Å². The van der Waals surface area contributed by atoms with Gasteiger partial charge in [-0.25, -0.2) is 0 Å². The SMILES string of the molecule is CC1CC2c3ccccc3C=CC2C1[Si](c1ccccc1)(c1ccccc1)c1cccc(C(C)(C)C)c1OC(C)(C)C. The highest BCUT2D eigenvalue weighted by Crippen LogP contribution is 2.57. The third-order valence-electron chi connectivity index (χ3n) is 9.63. The third kappa shape index (κ3) is 4.88. The van der Waals surface area contributed by atoms with Gasteiger partial charge < -0.3 is 4.74 Å². The first-order valence-corrected chi connectivity index (χ1v) is 17.8. The second-order valence-corrected chi connectivity index (χ2v) is 18.6. The van der Waals surface area contributed by atoms with E-state index < -0.39 is 8.07 Å². The fourth-order valence-corrected chi connectivity index (χ4v) is 14.5. The normalized spacial score (nSPS) is 22.0. The molecule has 2 aliphatic rings. The van der Waals surface area contributed by atoms with Crippen LogP contribution in [-0.2, 0) is 5.41 Å². The van der Waals surface area contributed by atoms with Crippen LogP contribution in [0.2, 0.25) is 5.54 Å². The largest absolute Gasteiger partial charge is 0.488 e. The van der Waals surface area contributed by atoms with Gasteiger partial charge in [-0.2, -0.15) is 0 Å². The van der Waals surface area contributed by atoms with E-state index in [1.165, 1.54) is 38.7 Å². The lowest BCUT2D eigenvalue weighted by Gasteiger charge is -2.46. The Morgan fingerprint density at radius 1 is 0.690 bits per heavy atom. The second-order valence-electron chi connectivity index (χ2n) is 14.6. The lowest BCUT2D eigenvalue weighted by molar-refractivity contribution is 0.129. The average molecular weight is 571 g/mol. The summed E-state index contributed by atoms with van der Waals surface area (Å²) in [6.07, 6.45) is 6.20. The minimum Gasteiger partial charge on any atom is -0.488 e. The number of fused-ring (bicyclic) bond motifs is 3. The van der Waals surface area contributed by atoms with E-state index in [1.807, 2.05) is 0 Å². The molecule has 0 bridgehead atoms. The van der Waals surface area contributed by atoms with Gasteiger partial charge in [0.2, 0.25) is 0 Å². The van der Waals surface area contributed by atoms with Crippen LogP contribution in [0.1, 0.15) is 77.5 Å². The van der Waals surface area contributed by atoms with Crippen molar-refractivity contribution in [3.05, 3.63) is 126 Å². The molecule has 0 aromatic heterocycles. The first-order chi connectivity index (χ1) is 20.0. The van der Waals surface area contributed by atoms with E-state index in [0.717, 1.165) is 5.75 Å². The van der Waals surface area contributed by atoms with E-state index in [0.29, 0.717) is 23.3 Å². The first kappa shape index (κ1) is 28.7. The standard InChI is InChI=1S/C40H46OSi/c1-28-27-34-32-22-15-14-17-29(32)25-26-33(34)38(28)42(30-18-10-8-11-19-30,31-20-12-9-13-21-31)36-24-16-23-35(39(2,3)4)37(36)41-40(5,6)7/h8-26,28,33-34,38H,27H2,1-7H3. The number of allylic oxidation sites excluding steroid dienone is 1. The zero-order valence-electron chi connectivity index (χ0n) is 26.4. The van der Waals surface area contributed by atoms with Gasteiger partial charge in [0.15, 0.2) is 8.07 Å². The summed E-state index contributed by atoms with van der Waals surface area (Å²) in [6, 6.07) is 39.2. The van der Waals surface area contributed by atoms with Gasteiger partial charge in [0.05, 0.1) is 0 Å². The minimum atomic E-state index is -2.71. The summed E-state index contributed by atoms with van der Waals surface area (Å²) in [4.78, 5) is 0. The van der Waals surface area contributed by atoms with E-state index >= 15 is 0 Å². The monoisotopic (exact) mass is 570 g/mol. The van der Waals surface area contributed by atoms with Crippen molar-refractivity contribution in [2.24, 2.45) is 11.8 Å². The molecule has 1 fully saturated rings. The Kier molecular flexibility index (Phi) is 7.34. The number of hydrogen-bond acceptors (Lipinski definition) is 1. The Hall–Kier alpha value is -3.36. The fourth-order valence-electron chi connectivity index (χ4n) is 8.15. The smallest absolute Gasteiger partial charge is 0.156 e. The summed E-state index contributed by atoms with van der Waals surface area (Å²) in [7, 11) is -2.71. The van der Waals surface area contributed by atoms with Gasteiger partial charge in [-0.05, 0) is 88.2 Å². The highest BCUT2D eigenvalue weighted by Gasteiger charge is 2.58. The average Bonchev–Trinajstić information content (AvgIpc) is 3.30. The summed E-state index contributed by atoms with van der Waals surface area (Å²) in [5.74, 6) is 2.64. The first-order valence-electron chi connectivity index (χ1n) is 15.7. The van der Waals surface area contributed by atoms with Crippen molar-refractivity contribution in [1.29, 1.82) is 0 Å². The molecule has 0 heterocycles. The molecule has 0 spiro atoms. The van der Waals surface area contributed by atoms with Gasteiger partial charge in [0.25, 0.3) is 0 Å². The number of hydrogen-bond donors (Lipinski definition) is 0.